The SMILES string of the molecule is CSCC(CCO)NC(C)c1ccc(C)cc1C. The summed E-state index contributed by atoms with van der Waals surface area (Å²) in [5.41, 5.74) is 3.99. The highest BCUT2D eigenvalue weighted by atomic mass is 32.2. The summed E-state index contributed by atoms with van der Waals surface area (Å²) in [6.45, 7) is 6.73. The molecule has 0 aliphatic heterocycles. The van der Waals surface area contributed by atoms with E-state index >= 15 is 0 Å². The van der Waals surface area contributed by atoms with Gasteiger partial charge in [0, 0.05) is 24.4 Å². The van der Waals surface area contributed by atoms with Crippen LogP contribution in [0.4, 0.5) is 0 Å². The third-order valence-electron chi connectivity index (χ3n) is 3.22. The van der Waals surface area contributed by atoms with E-state index in [1.54, 1.807) is 0 Å². The van der Waals surface area contributed by atoms with Gasteiger partial charge in [0.1, 0.15) is 0 Å². The molecule has 1 rings (SSSR count). The van der Waals surface area contributed by atoms with Crippen molar-refractivity contribution in [2.75, 3.05) is 18.6 Å². The van der Waals surface area contributed by atoms with Crippen LogP contribution in [0.3, 0.4) is 0 Å². The predicted octanol–water partition coefficient (Wildman–Crippen LogP) is 3.07. The van der Waals surface area contributed by atoms with E-state index in [-0.39, 0.29) is 6.61 Å². The first-order chi connectivity index (χ1) is 8.58. The first-order valence-corrected chi connectivity index (χ1v) is 7.90. The molecule has 0 bridgehead atoms. The standard InChI is InChI=1S/C15H25NOS/c1-11-5-6-15(12(2)9-11)13(3)16-14(7-8-17)10-18-4/h5-6,9,13-14,16-17H,7-8,10H2,1-4H3. The molecular formula is C15H25NOS. The molecule has 102 valence electrons. The maximum Gasteiger partial charge on any atom is 0.0446 e. The van der Waals surface area contributed by atoms with Gasteiger partial charge in [0.25, 0.3) is 0 Å². The predicted molar refractivity (Wildman–Crippen MR) is 81.3 cm³/mol. The summed E-state index contributed by atoms with van der Waals surface area (Å²) < 4.78 is 0. The van der Waals surface area contributed by atoms with Crippen molar-refractivity contribution in [3.63, 3.8) is 0 Å². The van der Waals surface area contributed by atoms with Crippen LogP contribution < -0.4 is 5.32 Å². The number of aliphatic hydroxyl groups is 1. The van der Waals surface area contributed by atoms with Crippen molar-refractivity contribution >= 4 is 11.8 Å². The summed E-state index contributed by atoms with van der Waals surface area (Å²) in [6, 6.07) is 7.30. The van der Waals surface area contributed by atoms with E-state index in [4.69, 9.17) is 5.11 Å². The molecule has 1 aromatic rings. The third-order valence-corrected chi connectivity index (χ3v) is 3.96. The molecule has 2 atom stereocenters. The number of rotatable bonds is 7. The van der Waals surface area contributed by atoms with Crippen molar-refractivity contribution in [3.05, 3.63) is 34.9 Å². The molecule has 0 aliphatic rings. The first-order valence-electron chi connectivity index (χ1n) is 6.51. The molecule has 0 saturated heterocycles. The molecule has 0 fully saturated rings. The average Bonchev–Trinajstić information content (AvgIpc) is 2.29. The Morgan fingerprint density at radius 2 is 2.06 bits per heavy atom. The lowest BCUT2D eigenvalue weighted by Gasteiger charge is -2.24. The minimum absolute atomic E-state index is 0.248. The highest BCUT2D eigenvalue weighted by molar-refractivity contribution is 7.98. The van der Waals surface area contributed by atoms with E-state index in [2.05, 4.69) is 50.5 Å². The molecular weight excluding hydrogens is 242 g/mol. The van der Waals surface area contributed by atoms with Gasteiger partial charge in [-0.1, -0.05) is 23.8 Å². The molecule has 18 heavy (non-hydrogen) atoms. The molecule has 0 spiro atoms. The minimum atomic E-state index is 0.248. The highest BCUT2D eigenvalue weighted by Crippen LogP contribution is 2.20. The van der Waals surface area contributed by atoms with E-state index in [1.165, 1.54) is 16.7 Å². The molecule has 0 heterocycles. The van der Waals surface area contributed by atoms with Crippen LogP contribution in [0.25, 0.3) is 0 Å². The van der Waals surface area contributed by atoms with Gasteiger partial charge in [0.2, 0.25) is 0 Å². The van der Waals surface area contributed by atoms with Crippen LogP contribution in [0.2, 0.25) is 0 Å². The Morgan fingerprint density at radius 3 is 2.61 bits per heavy atom. The van der Waals surface area contributed by atoms with E-state index in [1.807, 2.05) is 11.8 Å². The summed E-state index contributed by atoms with van der Waals surface area (Å²) in [7, 11) is 0. The Kier molecular flexibility index (Phi) is 6.76. The molecule has 2 nitrogen and oxygen atoms in total. The number of aryl methyl sites for hydroxylation is 2. The van der Waals surface area contributed by atoms with Crippen molar-refractivity contribution in [3.8, 4) is 0 Å². The first kappa shape index (κ1) is 15.5. The minimum Gasteiger partial charge on any atom is -0.396 e. The number of nitrogens with one attached hydrogen (secondary N) is 1. The topological polar surface area (TPSA) is 32.3 Å². The fourth-order valence-corrected chi connectivity index (χ4v) is 2.99. The smallest absolute Gasteiger partial charge is 0.0446 e. The van der Waals surface area contributed by atoms with Crippen LogP contribution in [0.15, 0.2) is 18.2 Å². The summed E-state index contributed by atoms with van der Waals surface area (Å²) in [5.74, 6) is 1.04. The summed E-state index contributed by atoms with van der Waals surface area (Å²) in [6.07, 6.45) is 2.92. The third kappa shape index (κ3) is 4.63. The molecule has 0 saturated carbocycles. The lowest BCUT2D eigenvalue weighted by molar-refractivity contribution is 0.265. The van der Waals surface area contributed by atoms with E-state index in [9.17, 15) is 0 Å². The molecule has 0 aliphatic carbocycles. The van der Waals surface area contributed by atoms with Crippen LogP contribution >= 0.6 is 11.8 Å². The van der Waals surface area contributed by atoms with E-state index in [0.29, 0.717) is 12.1 Å². The lowest BCUT2D eigenvalue weighted by Crippen LogP contribution is -2.34. The summed E-state index contributed by atoms with van der Waals surface area (Å²) >= 11 is 1.82. The molecule has 2 unspecified atom stereocenters. The van der Waals surface area contributed by atoms with Gasteiger partial charge in [-0.3, -0.25) is 0 Å². The van der Waals surface area contributed by atoms with Gasteiger partial charge in [-0.25, -0.2) is 0 Å². The highest BCUT2D eigenvalue weighted by Gasteiger charge is 2.14. The van der Waals surface area contributed by atoms with Gasteiger partial charge in [-0.05, 0) is 44.6 Å². The largest absolute Gasteiger partial charge is 0.396 e. The maximum atomic E-state index is 9.09. The van der Waals surface area contributed by atoms with Crippen LogP contribution in [-0.4, -0.2) is 29.8 Å². The zero-order valence-corrected chi connectivity index (χ0v) is 12.7. The van der Waals surface area contributed by atoms with Gasteiger partial charge in [-0.15, -0.1) is 0 Å². The monoisotopic (exact) mass is 267 g/mol. The Balaban J connectivity index is 2.70. The Morgan fingerprint density at radius 1 is 1.33 bits per heavy atom. The second-order valence-electron chi connectivity index (χ2n) is 4.91. The zero-order valence-electron chi connectivity index (χ0n) is 11.9. The van der Waals surface area contributed by atoms with E-state index < -0.39 is 0 Å². The molecule has 0 amide bonds. The van der Waals surface area contributed by atoms with Crippen molar-refractivity contribution in [1.82, 2.24) is 5.32 Å². The number of benzene rings is 1. The summed E-state index contributed by atoms with van der Waals surface area (Å²) in [5, 5.41) is 12.7. The van der Waals surface area contributed by atoms with Gasteiger partial charge in [0.15, 0.2) is 0 Å². The fourth-order valence-electron chi connectivity index (χ4n) is 2.33. The fraction of sp³-hybridized carbons (Fsp3) is 0.600. The van der Waals surface area contributed by atoms with Crippen molar-refractivity contribution in [2.45, 2.75) is 39.3 Å². The molecule has 0 radical (unpaired) electrons. The second kappa shape index (κ2) is 7.82. The van der Waals surface area contributed by atoms with Crippen molar-refractivity contribution in [2.24, 2.45) is 0 Å². The van der Waals surface area contributed by atoms with Gasteiger partial charge >= 0.3 is 0 Å². The number of hydrogen-bond donors (Lipinski definition) is 2. The van der Waals surface area contributed by atoms with Crippen molar-refractivity contribution < 1.29 is 5.11 Å². The molecule has 2 N–H and O–H groups in total. The second-order valence-corrected chi connectivity index (χ2v) is 5.82. The molecule has 3 heteroatoms. The summed E-state index contributed by atoms with van der Waals surface area (Å²) in [4.78, 5) is 0. The van der Waals surface area contributed by atoms with Gasteiger partial charge < -0.3 is 10.4 Å². The molecule has 0 aromatic heterocycles. The Labute approximate surface area is 115 Å². The molecule has 1 aromatic carbocycles. The normalized spacial score (nSPS) is 14.5. The number of aliphatic hydroxyl groups excluding tert-OH is 1. The van der Waals surface area contributed by atoms with Gasteiger partial charge in [0.05, 0.1) is 0 Å². The Hall–Kier alpha value is -0.510. The van der Waals surface area contributed by atoms with Crippen molar-refractivity contribution in [1.29, 1.82) is 0 Å². The Bertz CT molecular complexity index is 362. The van der Waals surface area contributed by atoms with Gasteiger partial charge in [-0.2, -0.15) is 11.8 Å². The van der Waals surface area contributed by atoms with E-state index in [0.717, 1.165) is 12.2 Å². The zero-order chi connectivity index (χ0) is 13.5. The average molecular weight is 267 g/mol. The maximum absolute atomic E-state index is 9.09. The number of hydrogen-bond acceptors (Lipinski definition) is 3. The quantitative estimate of drug-likeness (QED) is 0.796. The lowest BCUT2D eigenvalue weighted by atomic mass is 9.99. The van der Waals surface area contributed by atoms with Crippen LogP contribution in [0, 0.1) is 13.8 Å². The number of thioether (sulfide) groups is 1. The van der Waals surface area contributed by atoms with Crippen LogP contribution in [-0.2, 0) is 0 Å². The van der Waals surface area contributed by atoms with Crippen LogP contribution in [0.1, 0.15) is 36.1 Å². The van der Waals surface area contributed by atoms with Crippen LogP contribution in [0.5, 0.6) is 0 Å².